The molecule has 32 heavy (non-hydrogen) atoms. The molecule has 0 radical (unpaired) electrons. The van der Waals surface area contributed by atoms with Gasteiger partial charge in [-0.3, -0.25) is 9.10 Å². The van der Waals surface area contributed by atoms with Crippen molar-refractivity contribution in [2.45, 2.75) is 38.8 Å². The molecule has 3 aromatic carbocycles. The zero-order chi connectivity index (χ0) is 23.1. The van der Waals surface area contributed by atoms with Crippen LogP contribution in [-0.2, 0) is 14.8 Å². The largest absolute Gasteiger partial charge is 0.487 e. The Morgan fingerprint density at radius 1 is 1.12 bits per heavy atom. The van der Waals surface area contributed by atoms with Gasteiger partial charge in [-0.15, -0.1) is 0 Å². The summed E-state index contributed by atoms with van der Waals surface area (Å²) in [5.41, 5.74) is 2.02. The monoisotopic (exact) mass is 452 g/mol. The molecular formula is C25H28N2O4S. The molecule has 0 bridgehead atoms. The van der Waals surface area contributed by atoms with Crippen LogP contribution >= 0.6 is 0 Å². The number of nitrogens with zero attached hydrogens (tertiary/aromatic N) is 1. The van der Waals surface area contributed by atoms with Crippen molar-refractivity contribution in [2.75, 3.05) is 17.1 Å². The van der Waals surface area contributed by atoms with Crippen LogP contribution in [-0.4, -0.2) is 32.7 Å². The number of sulfonamides is 1. The van der Waals surface area contributed by atoms with Gasteiger partial charge in [0.25, 0.3) is 0 Å². The first-order chi connectivity index (χ1) is 15.0. The van der Waals surface area contributed by atoms with E-state index in [1.54, 1.807) is 12.1 Å². The lowest BCUT2D eigenvalue weighted by atomic mass is 9.89. The van der Waals surface area contributed by atoms with Crippen LogP contribution in [0.15, 0.2) is 60.7 Å². The number of benzene rings is 3. The number of amides is 1. The first kappa shape index (κ1) is 22.1. The minimum Gasteiger partial charge on any atom is -0.487 e. The maximum absolute atomic E-state index is 13.1. The van der Waals surface area contributed by atoms with Gasteiger partial charge in [0.15, 0.2) is 0 Å². The minimum absolute atomic E-state index is 0.268. The molecule has 1 aliphatic heterocycles. The van der Waals surface area contributed by atoms with E-state index in [9.17, 15) is 13.2 Å². The van der Waals surface area contributed by atoms with Crippen LogP contribution < -0.4 is 14.4 Å². The van der Waals surface area contributed by atoms with E-state index in [1.807, 2.05) is 69.3 Å². The van der Waals surface area contributed by atoms with Gasteiger partial charge in [-0.25, -0.2) is 8.42 Å². The molecule has 1 aliphatic rings. The summed E-state index contributed by atoms with van der Waals surface area (Å²) in [5, 5.41) is 4.74. The van der Waals surface area contributed by atoms with Crippen LogP contribution in [0.3, 0.4) is 0 Å². The number of rotatable bonds is 5. The Morgan fingerprint density at radius 3 is 2.59 bits per heavy atom. The molecule has 1 unspecified atom stereocenters. The van der Waals surface area contributed by atoms with Crippen LogP contribution in [0.2, 0.25) is 0 Å². The van der Waals surface area contributed by atoms with Crippen LogP contribution in [0.5, 0.6) is 5.75 Å². The molecule has 1 atom stereocenters. The number of aryl methyl sites for hydroxylation is 1. The second kappa shape index (κ2) is 8.13. The predicted octanol–water partition coefficient (Wildman–Crippen LogP) is 4.33. The second-order valence-corrected chi connectivity index (χ2v) is 10.9. The van der Waals surface area contributed by atoms with E-state index in [4.69, 9.17) is 4.74 Å². The van der Waals surface area contributed by atoms with E-state index in [0.29, 0.717) is 12.1 Å². The zero-order valence-corrected chi connectivity index (χ0v) is 19.6. The van der Waals surface area contributed by atoms with Gasteiger partial charge in [-0.05, 0) is 38.3 Å². The molecule has 0 fully saturated rings. The lowest BCUT2D eigenvalue weighted by Crippen LogP contribution is -2.45. The summed E-state index contributed by atoms with van der Waals surface area (Å²) < 4.78 is 32.6. The van der Waals surface area contributed by atoms with Gasteiger partial charge in [-0.1, -0.05) is 54.1 Å². The molecule has 4 rings (SSSR count). The van der Waals surface area contributed by atoms with Gasteiger partial charge >= 0.3 is 0 Å². The Hall–Kier alpha value is -3.06. The Bertz CT molecular complexity index is 1280. The fourth-order valence-corrected chi connectivity index (χ4v) is 5.15. The maximum atomic E-state index is 13.1. The Kier molecular flexibility index (Phi) is 5.63. The molecule has 0 spiro atoms. The van der Waals surface area contributed by atoms with Crippen LogP contribution in [0, 0.1) is 6.92 Å². The summed E-state index contributed by atoms with van der Waals surface area (Å²) in [4.78, 5) is 13.1. The summed E-state index contributed by atoms with van der Waals surface area (Å²) in [6.45, 7) is 5.65. The molecule has 168 valence electrons. The number of ether oxygens (including phenoxy) is 1. The Labute approximate surface area is 189 Å². The number of hydrogen-bond donors (Lipinski definition) is 1. The van der Waals surface area contributed by atoms with Crippen molar-refractivity contribution in [1.82, 2.24) is 5.32 Å². The third-order valence-electron chi connectivity index (χ3n) is 5.68. The SMILES string of the molecule is Cc1ccc2c(c1)C(NC(=O)CN(c1cccc3ccccc13)S(C)(=O)=O)CC(C)(C)O2. The normalized spacial score (nSPS) is 17.3. The molecule has 0 saturated carbocycles. The highest BCUT2D eigenvalue weighted by atomic mass is 32.2. The summed E-state index contributed by atoms with van der Waals surface area (Å²) in [7, 11) is -3.69. The van der Waals surface area contributed by atoms with Gasteiger partial charge in [0, 0.05) is 17.4 Å². The van der Waals surface area contributed by atoms with Gasteiger partial charge in [0.1, 0.15) is 17.9 Å². The van der Waals surface area contributed by atoms with E-state index in [2.05, 4.69) is 5.32 Å². The third-order valence-corrected chi connectivity index (χ3v) is 6.81. The lowest BCUT2D eigenvalue weighted by molar-refractivity contribution is -0.120. The molecule has 3 aromatic rings. The number of carbonyl (C=O) groups is 1. The van der Waals surface area contributed by atoms with E-state index in [1.165, 1.54) is 4.31 Å². The van der Waals surface area contributed by atoms with Crippen molar-refractivity contribution in [3.63, 3.8) is 0 Å². The molecule has 0 aliphatic carbocycles. The van der Waals surface area contributed by atoms with E-state index >= 15 is 0 Å². The smallest absolute Gasteiger partial charge is 0.241 e. The topological polar surface area (TPSA) is 75.7 Å². The number of carbonyl (C=O) groups excluding carboxylic acids is 1. The van der Waals surface area contributed by atoms with Gasteiger partial charge in [-0.2, -0.15) is 0 Å². The molecule has 1 heterocycles. The highest BCUT2D eigenvalue weighted by molar-refractivity contribution is 7.92. The predicted molar refractivity (Wildman–Crippen MR) is 128 cm³/mol. The quantitative estimate of drug-likeness (QED) is 0.625. The summed E-state index contributed by atoms with van der Waals surface area (Å²) >= 11 is 0. The average molecular weight is 453 g/mol. The van der Waals surface area contributed by atoms with Crippen molar-refractivity contribution >= 4 is 32.4 Å². The zero-order valence-electron chi connectivity index (χ0n) is 18.8. The van der Waals surface area contributed by atoms with E-state index in [-0.39, 0.29) is 18.5 Å². The molecule has 0 saturated heterocycles. The highest BCUT2D eigenvalue weighted by Crippen LogP contribution is 2.40. The molecular weight excluding hydrogens is 424 g/mol. The van der Waals surface area contributed by atoms with Crippen molar-refractivity contribution < 1.29 is 17.9 Å². The van der Waals surface area contributed by atoms with Crippen molar-refractivity contribution in [3.8, 4) is 5.75 Å². The minimum atomic E-state index is -3.69. The Balaban J connectivity index is 1.64. The summed E-state index contributed by atoms with van der Waals surface area (Å²) in [6.07, 6.45) is 1.71. The van der Waals surface area contributed by atoms with E-state index in [0.717, 1.165) is 33.9 Å². The second-order valence-electron chi connectivity index (χ2n) is 9.00. The average Bonchev–Trinajstić information content (AvgIpc) is 2.71. The molecule has 6 nitrogen and oxygen atoms in total. The number of hydrogen-bond acceptors (Lipinski definition) is 4. The number of fused-ring (bicyclic) bond motifs is 2. The molecule has 0 aromatic heterocycles. The fraction of sp³-hybridized carbons (Fsp3) is 0.320. The van der Waals surface area contributed by atoms with Crippen molar-refractivity contribution in [1.29, 1.82) is 0 Å². The van der Waals surface area contributed by atoms with Crippen LogP contribution in [0.25, 0.3) is 10.8 Å². The van der Waals surface area contributed by atoms with Crippen LogP contribution in [0.1, 0.15) is 37.4 Å². The maximum Gasteiger partial charge on any atom is 0.241 e. The first-order valence-corrected chi connectivity index (χ1v) is 12.4. The van der Waals surface area contributed by atoms with Crippen LogP contribution in [0.4, 0.5) is 5.69 Å². The Morgan fingerprint density at radius 2 is 1.84 bits per heavy atom. The fourth-order valence-electron chi connectivity index (χ4n) is 4.28. The van der Waals surface area contributed by atoms with Gasteiger partial charge < -0.3 is 10.1 Å². The molecule has 7 heteroatoms. The third kappa shape index (κ3) is 4.58. The molecule has 1 N–H and O–H groups in total. The number of anilines is 1. The lowest BCUT2D eigenvalue weighted by Gasteiger charge is -2.38. The highest BCUT2D eigenvalue weighted by Gasteiger charge is 2.35. The summed E-state index contributed by atoms with van der Waals surface area (Å²) in [6, 6.07) is 18.6. The van der Waals surface area contributed by atoms with Crippen molar-refractivity contribution in [2.24, 2.45) is 0 Å². The first-order valence-electron chi connectivity index (χ1n) is 10.6. The number of nitrogens with one attached hydrogen (secondary N) is 1. The molecule has 1 amide bonds. The van der Waals surface area contributed by atoms with Crippen molar-refractivity contribution in [3.05, 3.63) is 71.8 Å². The standard InChI is InChI=1S/C25H28N2O4S/c1-17-12-13-23-20(14-17)21(15-25(2,3)31-23)26-24(28)16-27(32(4,29)30)22-11-7-9-18-8-5-6-10-19(18)22/h5-14,21H,15-16H2,1-4H3,(H,26,28). The van der Waals surface area contributed by atoms with E-state index < -0.39 is 15.6 Å². The summed E-state index contributed by atoms with van der Waals surface area (Å²) in [5.74, 6) is 0.379. The van der Waals surface area contributed by atoms with Gasteiger partial charge in [0.2, 0.25) is 15.9 Å². The van der Waals surface area contributed by atoms with Gasteiger partial charge in [0.05, 0.1) is 18.0 Å².